The monoisotopic (exact) mass is 400 g/mol. The molecule has 1 fully saturated rings. The molecule has 0 radical (unpaired) electrons. The summed E-state index contributed by atoms with van der Waals surface area (Å²) in [5.41, 5.74) is 2.03. The van der Waals surface area contributed by atoms with Gasteiger partial charge in [-0.2, -0.15) is 4.37 Å². The molecule has 1 saturated heterocycles. The Labute approximate surface area is 159 Å². The quantitative estimate of drug-likeness (QED) is 0.391. The molecule has 3 N–H and O–H groups in total. The number of rotatable bonds is 5. The average molecular weight is 400 g/mol. The van der Waals surface area contributed by atoms with Crippen LogP contribution in [0.5, 0.6) is 5.88 Å². The van der Waals surface area contributed by atoms with Crippen LogP contribution in [0.15, 0.2) is 6.08 Å². The van der Waals surface area contributed by atoms with Crippen LogP contribution >= 0.6 is 11.7 Å². The Morgan fingerprint density at radius 3 is 2.74 bits per heavy atom. The normalized spacial score (nSPS) is 19.1. The van der Waals surface area contributed by atoms with Crippen LogP contribution in [0.1, 0.15) is 12.1 Å². The Morgan fingerprint density at radius 1 is 1.41 bits per heavy atom. The van der Waals surface area contributed by atoms with E-state index in [1.54, 1.807) is 0 Å². The van der Waals surface area contributed by atoms with Gasteiger partial charge in [-0.1, -0.05) is 6.08 Å². The zero-order valence-corrected chi connectivity index (χ0v) is 15.4. The highest BCUT2D eigenvalue weighted by molar-refractivity contribution is 6.99. The lowest BCUT2D eigenvalue weighted by atomic mass is 10.1. The van der Waals surface area contributed by atoms with Crippen molar-refractivity contribution in [3.05, 3.63) is 18.5 Å². The Bertz CT molecular complexity index is 709. The van der Waals surface area contributed by atoms with Gasteiger partial charge in [-0.05, 0) is 0 Å². The first-order chi connectivity index (χ1) is 12.9. The summed E-state index contributed by atoms with van der Waals surface area (Å²) in [7, 11) is 2.17. The Kier molecular flexibility index (Phi) is 7.64. The predicted molar refractivity (Wildman–Crippen MR) is 91.9 cm³/mol. The first kappa shape index (κ1) is 20.7. The van der Waals surface area contributed by atoms with Gasteiger partial charge < -0.3 is 29.5 Å². The first-order valence-electron chi connectivity index (χ1n) is 8.05. The molecule has 0 aromatic carbocycles. The number of carbonyl (C=O) groups is 3. The van der Waals surface area contributed by atoms with Crippen LogP contribution in [0.2, 0.25) is 0 Å². The summed E-state index contributed by atoms with van der Waals surface area (Å²) in [6.45, 7) is 4.47. The van der Waals surface area contributed by atoms with E-state index in [0.717, 1.165) is 36.9 Å². The molecule has 11 nitrogen and oxygen atoms in total. The lowest BCUT2D eigenvalue weighted by molar-refractivity contribution is -0.872. The third-order valence-corrected chi connectivity index (χ3v) is 4.21. The van der Waals surface area contributed by atoms with E-state index >= 15 is 0 Å². The van der Waals surface area contributed by atoms with Gasteiger partial charge >= 0.3 is 11.9 Å². The van der Waals surface area contributed by atoms with E-state index < -0.39 is 11.9 Å². The van der Waals surface area contributed by atoms with Crippen LogP contribution < -0.4 is 9.64 Å². The summed E-state index contributed by atoms with van der Waals surface area (Å²) in [4.78, 5) is 32.6. The molecule has 27 heavy (non-hydrogen) atoms. The molecule has 1 aromatic heterocycles. The fraction of sp³-hybridized carbons (Fsp3) is 0.467. The number of quaternary nitrogens is 1. The molecule has 0 aliphatic carbocycles. The number of hydrogen-bond acceptors (Lipinski definition) is 8. The van der Waals surface area contributed by atoms with E-state index in [2.05, 4.69) is 21.9 Å². The van der Waals surface area contributed by atoms with Crippen LogP contribution in [-0.2, 0) is 19.1 Å². The number of likely N-dealkylation sites (N-methyl/N-ethyl adjacent to an activating group) is 1. The van der Waals surface area contributed by atoms with Gasteiger partial charge in [-0.3, -0.25) is 4.79 Å². The van der Waals surface area contributed by atoms with Crippen molar-refractivity contribution in [3.63, 3.8) is 0 Å². The van der Waals surface area contributed by atoms with Gasteiger partial charge in [-0.25, -0.2) is 9.59 Å². The van der Waals surface area contributed by atoms with E-state index in [0.29, 0.717) is 19.0 Å². The van der Waals surface area contributed by atoms with Gasteiger partial charge in [0.1, 0.15) is 18.8 Å². The second-order valence-electron chi connectivity index (χ2n) is 5.78. The van der Waals surface area contributed by atoms with Crippen molar-refractivity contribution in [2.45, 2.75) is 6.42 Å². The number of aromatic nitrogens is 2. The highest BCUT2D eigenvalue weighted by Crippen LogP contribution is 2.24. The van der Waals surface area contributed by atoms with Gasteiger partial charge in [0.15, 0.2) is 0 Å². The minimum Gasteiger partial charge on any atom is -0.525 e. The molecule has 1 amide bonds. The molecule has 2 aliphatic heterocycles. The summed E-state index contributed by atoms with van der Waals surface area (Å²) in [5.74, 6) is -3.13. The number of nitrogens with one attached hydrogen (secondary N) is 1. The highest BCUT2D eigenvalue weighted by atomic mass is 32.1. The number of carbonyl (C=O) groups excluding carboxylic acids is 1. The predicted octanol–water partition coefficient (Wildman–Crippen LogP) is -1.65. The summed E-state index contributed by atoms with van der Waals surface area (Å²) < 4.78 is 19.2. The largest absolute Gasteiger partial charge is 0.525 e. The number of nitrogens with zero attached hydrogens (tertiary/aromatic N) is 3. The van der Waals surface area contributed by atoms with Crippen molar-refractivity contribution in [2.24, 2.45) is 0 Å². The number of amides is 1. The minimum absolute atomic E-state index is 0.0459. The summed E-state index contributed by atoms with van der Waals surface area (Å²) in [6.07, 6.45) is 3.26. The number of aliphatic carboxylic acids is 2. The number of ether oxygens (including phenoxy) is 2. The second kappa shape index (κ2) is 9.94. The van der Waals surface area contributed by atoms with Crippen molar-refractivity contribution < 1.29 is 39.0 Å². The van der Waals surface area contributed by atoms with Gasteiger partial charge in [0, 0.05) is 18.5 Å². The second-order valence-corrected chi connectivity index (χ2v) is 6.31. The summed E-state index contributed by atoms with van der Waals surface area (Å²) >= 11 is 1.16. The van der Waals surface area contributed by atoms with Gasteiger partial charge in [0.2, 0.25) is 5.91 Å². The van der Waals surface area contributed by atoms with Crippen LogP contribution in [0.25, 0.3) is 5.57 Å². The van der Waals surface area contributed by atoms with Gasteiger partial charge in [-0.15, -0.1) is 11.1 Å². The highest BCUT2D eigenvalue weighted by Gasteiger charge is 2.21. The lowest BCUT2D eigenvalue weighted by Crippen LogP contribution is -3.09. The van der Waals surface area contributed by atoms with E-state index in [1.165, 1.54) is 22.1 Å². The zero-order chi connectivity index (χ0) is 19.8. The molecule has 1 unspecified atom stereocenters. The van der Waals surface area contributed by atoms with Gasteiger partial charge in [0.05, 0.1) is 31.9 Å². The molecular formula is C15H20N4O7S. The SMILES string of the molecule is C[NH+]1CCC=C(c2nsnc2OCCN2[CH-]OCC2=O)C1.O=C(O)C(=O)O. The topological polar surface area (TPSA) is 144 Å². The number of carboxylic acid groups (broad SMARTS) is 2. The number of carboxylic acids is 2. The molecule has 0 bridgehead atoms. The van der Waals surface area contributed by atoms with E-state index in [9.17, 15) is 4.79 Å². The summed E-state index contributed by atoms with van der Waals surface area (Å²) in [6, 6.07) is 0. The first-order valence-corrected chi connectivity index (χ1v) is 8.78. The van der Waals surface area contributed by atoms with Crippen molar-refractivity contribution >= 4 is 35.1 Å². The maximum absolute atomic E-state index is 11.4. The average Bonchev–Trinajstić information content (AvgIpc) is 3.25. The summed E-state index contributed by atoms with van der Waals surface area (Å²) in [5, 5.41) is 14.8. The van der Waals surface area contributed by atoms with E-state index in [1.807, 2.05) is 0 Å². The van der Waals surface area contributed by atoms with Crippen molar-refractivity contribution in [3.8, 4) is 5.88 Å². The smallest absolute Gasteiger partial charge is 0.414 e. The van der Waals surface area contributed by atoms with Crippen LogP contribution in [0.4, 0.5) is 0 Å². The molecule has 3 heterocycles. The maximum atomic E-state index is 11.4. The van der Waals surface area contributed by atoms with Crippen LogP contribution in [-0.4, -0.2) is 81.6 Å². The molecule has 12 heteroatoms. The third-order valence-electron chi connectivity index (χ3n) is 3.70. The molecule has 2 aliphatic rings. The molecular weight excluding hydrogens is 380 g/mol. The van der Waals surface area contributed by atoms with Crippen molar-refractivity contribution in [1.82, 2.24) is 13.6 Å². The fourth-order valence-electron chi connectivity index (χ4n) is 2.39. The van der Waals surface area contributed by atoms with E-state index in [4.69, 9.17) is 29.3 Å². The van der Waals surface area contributed by atoms with E-state index in [-0.39, 0.29) is 12.5 Å². The Morgan fingerprint density at radius 2 is 2.15 bits per heavy atom. The van der Waals surface area contributed by atoms with Crippen molar-refractivity contribution in [1.29, 1.82) is 0 Å². The third kappa shape index (κ3) is 6.27. The fourth-order valence-corrected chi connectivity index (χ4v) is 2.92. The van der Waals surface area contributed by atoms with Gasteiger partial charge in [0.25, 0.3) is 5.88 Å². The number of hydrogen-bond donors (Lipinski definition) is 3. The molecule has 1 atom stereocenters. The zero-order valence-electron chi connectivity index (χ0n) is 14.6. The van der Waals surface area contributed by atoms with Crippen LogP contribution in [0, 0.1) is 6.73 Å². The molecule has 0 saturated carbocycles. The maximum Gasteiger partial charge on any atom is 0.414 e. The lowest BCUT2D eigenvalue weighted by Gasteiger charge is -2.23. The Hall–Kier alpha value is -2.57. The molecule has 1 aromatic rings. The molecule has 3 rings (SSSR count). The van der Waals surface area contributed by atoms with Crippen LogP contribution in [0.3, 0.4) is 0 Å². The standard InChI is InChI=1S/C13H17N4O3S.C2H2O4/c1-16-4-2-3-10(7-16)12-13(15-21-14-12)20-6-5-17-9-19-8-11(17)18;3-1(4)2(5)6/h3,9H,2,4-8H2,1H3;(H,3,4)(H,5,6)/q-1;/p+1. The molecule has 148 valence electrons. The molecule has 0 spiro atoms. The minimum atomic E-state index is -1.82. The Balaban J connectivity index is 0.000000380. The van der Waals surface area contributed by atoms with Crippen molar-refractivity contribution in [2.75, 3.05) is 39.9 Å².